The monoisotopic (exact) mass is 409 g/mol. The number of hydrogen-bond acceptors (Lipinski definition) is 4. The number of H-pyrrole nitrogens is 1. The first kappa shape index (κ1) is 20.0. The Morgan fingerprint density at radius 1 is 1.43 bits per heavy atom. The molecule has 0 unspecified atom stereocenters. The summed E-state index contributed by atoms with van der Waals surface area (Å²) < 4.78 is 15.2. The molecule has 1 fully saturated rings. The molecule has 0 radical (unpaired) electrons. The van der Waals surface area contributed by atoms with Crippen LogP contribution in [0, 0.1) is 29.5 Å². The highest BCUT2D eigenvalue weighted by atomic mass is 19.1. The number of aliphatic carboxylic acids is 1. The van der Waals surface area contributed by atoms with E-state index in [-0.39, 0.29) is 12.0 Å². The molecule has 1 aliphatic carbocycles. The Hall–Kier alpha value is -3.34. The third-order valence-electron chi connectivity index (χ3n) is 5.82. The van der Waals surface area contributed by atoms with Crippen LogP contribution in [0.3, 0.4) is 0 Å². The van der Waals surface area contributed by atoms with Gasteiger partial charge in [-0.15, -0.1) is 0 Å². The molecule has 3 atom stereocenters. The summed E-state index contributed by atoms with van der Waals surface area (Å²) in [6.45, 7) is 2.04. The average molecular weight is 409 g/mol. The largest absolute Gasteiger partial charge is 0.481 e. The molecule has 3 N–H and O–H groups in total. The molecule has 0 aliphatic heterocycles. The molecular weight excluding hydrogens is 385 g/mol. The number of aromatic amines is 1. The summed E-state index contributed by atoms with van der Waals surface area (Å²) in [5.74, 6) is 4.62. The van der Waals surface area contributed by atoms with Crippen LogP contribution < -0.4 is 5.32 Å². The molecule has 0 spiro atoms. The van der Waals surface area contributed by atoms with E-state index in [0.29, 0.717) is 28.0 Å². The maximum atomic E-state index is 13.5. The molecule has 0 saturated heterocycles. The number of halogens is 1. The summed E-state index contributed by atoms with van der Waals surface area (Å²) in [5.41, 5.74) is 2.43. The van der Waals surface area contributed by atoms with Crippen LogP contribution in [0.25, 0.3) is 11.0 Å². The Kier molecular flexibility index (Phi) is 5.44. The normalized spacial score (nSPS) is 21.2. The van der Waals surface area contributed by atoms with E-state index in [1.165, 1.54) is 6.07 Å². The minimum atomic E-state index is -0.760. The average Bonchev–Trinajstić information content (AvgIpc) is 3.28. The number of anilines is 1. The van der Waals surface area contributed by atoms with Gasteiger partial charge in [0, 0.05) is 30.9 Å². The number of carbonyl (C=O) groups is 1. The summed E-state index contributed by atoms with van der Waals surface area (Å²) in [7, 11) is 1.80. The molecule has 3 aromatic heterocycles. The molecule has 0 amide bonds. The highest BCUT2D eigenvalue weighted by Crippen LogP contribution is 2.35. The lowest BCUT2D eigenvalue weighted by molar-refractivity contribution is -0.145. The van der Waals surface area contributed by atoms with E-state index in [0.717, 1.165) is 31.9 Å². The Bertz CT molecular complexity index is 1140. The lowest BCUT2D eigenvalue weighted by Gasteiger charge is -2.35. The highest BCUT2D eigenvalue weighted by Gasteiger charge is 2.37. The van der Waals surface area contributed by atoms with Crippen LogP contribution in [-0.4, -0.2) is 36.9 Å². The fraction of sp³-hybridized carbons (Fsp3) is 0.409. The van der Waals surface area contributed by atoms with Gasteiger partial charge in [0.2, 0.25) is 0 Å². The minimum absolute atomic E-state index is 0.161. The molecule has 0 aromatic carbocycles. The molecule has 1 aliphatic rings. The second kappa shape index (κ2) is 8.19. The first-order valence-electron chi connectivity index (χ1n) is 10.1. The zero-order valence-electron chi connectivity index (χ0n) is 16.9. The van der Waals surface area contributed by atoms with E-state index < -0.39 is 17.7 Å². The van der Waals surface area contributed by atoms with Crippen LogP contribution in [0.1, 0.15) is 43.9 Å². The fourth-order valence-electron chi connectivity index (χ4n) is 4.38. The lowest BCUT2D eigenvalue weighted by atomic mass is 9.74. The smallest absolute Gasteiger partial charge is 0.308 e. The van der Waals surface area contributed by atoms with E-state index in [2.05, 4.69) is 32.2 Å². The molecule has 156 valence electrons. The van der Waals surface area contributed by atoms with Crippen LogP contribution in [0.15, 0.2) is 24.7 Å². The van der Waals surface area contributed by atoms with E-state index in [1.54, 1.807) is 17.9 Å². The van der Waals surface area contributed by atoms with Crippen molar-refractivity contribution in [1.82, 2.24) is 19.7 Å². The van der Waals surface area contributed by atoms with Gasteiger partial charge in [0.25, 0.3) is 0 Å². The number of aryl methyl sites for hydroxylation is 1. The van der Waals surface area contributed by atoms with Gasteiger partial charge >= 0.3 is 5.97 Å². The van der Waals surface area contributed by atoms with Crippen molar-refractivity contribution in [2.24, 2.45) is 18.9 Å². The van der Waals surface area contributed by atoms with Gasteiger partial charge in [-0.25, -0.2) is 9.37 Å². The Morgan fingerprint density at radius 2 is 2.27 bits per heavy atom. The Labute approximate surface area is 173 Å². The first-order valence-corrected chi connectivity index (χ1v) is 10.1. The number of carboxylic acid groups (broad SMARTS) is 1. The maximum Gasteiger partial charge on any atom is 0.308 e. The van der Waals surface area contributed by atoms with Crippen LogP contribution in [0.2, 0.25) is 0 Å². The summed E-state index contributed by atoms with van der Waals surface area (Å²) in [6.07, 6.45) is 8.24. The van der Waals surface area contributed by atoms with Gasteiger partial charge in [-0.1, -0.05) is 25.7 Å². The van der Waals surface area contributed by atoms with E-state index in [9.17, 15) is 14.3 Å². The van der Waals surface area contributed by atoms with Crippen molar-refractivity contribution in [3.8, 4) is 11.8 Å². The van der Waals surface area contributed by atoms with Gasteiger partial charge in [-0.3, -0.25) is 9.48 Å². The maximum absolute atomic E-state index is 13.5. The van der Waals surface area contributed by atoms with Gasteiger partial charge < -0.3 is 15.4 Å². The number of fused-ring (bicyclic) bond motifs is 1. The number of carboxylic acids is 1. The van der Waals surface area contributed by atoms with Gasteiger partial charge in [0.1, 0.15) is 11.5 Å². The molecule has 30 heavy (non-hydrogen) atoms. The Balaban J connectivity index is 1.63. The summed E-state index contributed by atoms with van der Waals surface area (Å²) in [4.78, 5) is 18.9. The predicted molar refractivity (Wildman–Crippen MR) is 111 cm³/mol. The van der Waals surface area contributed by atoms with Crippen molar-refractivity contribution in [3.05, 3.63) is 41.7 Å². The second-order valence-corrected chi connectivity index (χ2v) is 7.78. The minimum Gasteiger partial charge on any atom is -0.481 e. The van der Waals surface area contributed by atoms with Gasteiger partial charge in [0.15, 0.2) is 5.69 Å². The third-order valence-corrected chi connectivity index (χ3v) is 5.82. The summed E-state index contributed by atoms with van der Waals surface area (Å²) in [6, 6.07) is 1.22. The SMILES string of the molecule is CC[C@@H]1CCC[C@H](Nc2cn(C)nc2C#Cc2c[nH]c3ncc(F)cc23)[C@H]1C(=O)O. The highest BCUT2D eigenvalue weighted by molar-refractivity contribution is 5.83. The van der Waals surface area contributed by atoms with Crippen molar-refractivity contribution < 1.29 is 14.3 Å². The molecule has 4 rings (SSSR count). The molecule has 7 nitrogen and oxygen atoms in total. The van der Waals surface area contributed by atoms with Crippen LogP contribution >= 0.6 is 0 Å². The third kappa shape index (κ3) is 3.88. The van der Waals surface area contributed by atoms with Crippen LogP contribution in [-0.2, 0) is 11.8 Å². The number of pyridine rings is 1. The molecule has 0 bridgehead atoms. The number of nitrogens with one attached hydrogen (secondary N) is 2. The van der Waals surface area contributed by atoms with Crippen molar-refractivity contribution in [2.45, 2.75) is 38.6 Å². The number of aromatic nitrogens is 4. The molecule has 8 heteroatoms. The van der Waals surface area contributed by atoms with E-state index in [1.807, 2.05) is 13.1 Å². The second-order valence-electron chi connectivity index (χ2n) is 7.78. The number of hydrogen-bond donors (Lipinski definition) is 3. The van der Waals surface area contributed by atoms with E-state index in [4.69, 9.17) is 0 Å². The summed E-state index contributed by atoms with van der Waals surface area (Å²) >= 11 is 0. The number of nitrogens with zero attached hydrogens (tertiary/aromatic N) is 3. The molecule has 3 aromatic rings. The van der Waals surface area contributed by atoms with Crippen molar-refractivity contribution in [2.75, 3.05) is 5.32 Å². The van der Waals surface area contributed by atoms with Crippen molar-refractivity contribution >= 4 is 22.7 Å². The zero-order chi connectivity index (χ0) is 21.3. The van der Waals surface area contributed by atoms with Crippen LogP contribution in [0.4, 0.5) is 10.1 Å². The molecule has 3 heterocycles. The lowest BCUT2D eigenvalue weighted by Crippen LogP contribution is -2.42. The quantitative estimate of drug-likeness (QED) is 0.573. The number of rotatable bonds is 4. The zero-order valence-corrected chi connectivity index (χ0v) is 16.9. The predicted octanol–water partition coefficient (Wildman–Crippen LogP) is 3.53. The molecular formula is C22H24FN5O2. The van der Waals surface area contributed by atoms with Crippen molar-refractivity contribution in [1.29, 1.82) is 0 Å². The van der Waals surface area contributed by atoms with Crippen molar-refractivity contribution in [3.63, 3.8) is 0 Å². The topological polar surface area (TPSA) is 95.8 Å². The van der Waals surface area contributed by atoms with E-state index >= 15 is 0 Å². The van der Waals surface area contributed by atoms with Gasteiger partial charge in [-0.2, -0.15) is 5.10 Å². The van der Waals surface area contributed by atoms with Gasteiger partial charge in [-0.05, 0) is 30.7 Å². The van der Waals surface area contributed by atoms with Crippen LogP contribution in [0.5, 0.6) is 0 Å². The standard InChI is InChI=1S/C22H24FN5O2/c1-3-13-5-4-6-18(20(13)22(29)30)26-19-12-28(2)27-17(19)8-7-14-10-24-21-16(14)9-15(23)11-25-21/h9-13,18,20,26H,3-6H2,1-2H3,(H,24,25)(H,29,30)/t13-,18+,20+/m1/s1. The molecule has 1 saturated carbocycles. The summed E-state index contributed by atoms with van der Waals surface area (Å²) in [5, 5.41) is 18.2. The fourth-order valence-corrected chi connectivity index (χ4v) is 4.38. The first-order chi connectivity index (χ1) is 14.5. The Morgan fingerprint density at radius 3 is 3.03 bits per heavy atom. The van der Waals surface area contributed by atoms with Gasteiger partial charge in [0.05, 0.1) is 23.4 Å².